The zero-order valence-corrected chi connectivity index (χ0v) is 20.2. The summed E-state index contributed by atoms with van der Waals surface area (Å²) in [6.07, 6.45) is 4.29. The zero-order valence-electron chi connectivity index (χ0n) is 18.6. The number of nitrogens with zero attached hydrogens (tertiary/aromatic N) is 4. The molecular weight excluding hydrogens is 490 g/mol. The third-order valence-electron chi connectivity index (χ3n) is 5.35. The SMILES string of the molecule is C=CC(=O)N1CC(Oc2cc3c(Nc4ccc(Oc5nccs5)c(Cl)c4)ncnc3cc2OC)C1. The van der Waals surface area contributed by atoms with Crippen molar-refractivity contribution < 1.29 is 19.0 Å². The molecule has 35 heavy (non-hydrogen) atoms. The first-order valence-electron chi connectivity index (χ1n) is 10.6. The number of carbonyl (C=O) groups excluding carboxylic acids is 1. The van der Waals surface area contributed by atoms with Crippen LogP contribution < -0.4 is 19.5 Å². The lowest BCUT2D eigenvalue weighted by atomic mass is 10.1. The van der Waals surface area contributed by atoms with Gasteiger partial charge in [0.25, 0.3) is 5.19 Å². The largest absolute Gasteiger partial charge is 0.493 e. The smallest absolute Gasteiger partial charge is 0.278 e. The summed E-state index contributed by atoms with van der Waals surface area (Å²) in [6.45, 7) is 4.48. The van der Waals surface area contributed by atoms with Crippen molar-refractivity contribution in [3.63, 3.8) is 0 Å². The molecule has 4 aromatic rings. The summed E-state index contributed by atoms with van der Waals surface area (Å²) in [5.74, 6) is 2.05. The summed E-state index contributed by atoms with van der Waals surface area (Å²) in [6, 6.07) is 8.97. The molecule has 1 fully saturated rings. The number of amides is 1. The number of hydrogen-bond acceptors (Lipinski definition) is 9. The number of likely N-dealkylation sites (tertiary alicyclic amines) is 1. The van der Waals surface area contributed by atoms with Crippen LogP contribution in [0.15, 0.2) is 60.9 Å². The summed E-state index contributed by atoms with van der Waals surface area (Å²) in [5, 5.41) is 6.79. The number of aromatic nitrogens is 3. The summed E-state index contributed by atoms with van der Waals surface area (Å²) >= 11 is 7.81. The molecule has 0 saturated carbocycles. The molecule has 0 radical (unpaired) electrons. The molecule has 3 heterocycles. The van der Waals surface area contributed by atoms with Gasteiger partial charge in [-0.1, -0.05) is 29.5 Å². The number of anilines is 2. The van der Waals surface area contributed by atoms with E-state index in [1.165, 1.54) is 23.7 Å². The second-order valence-electron chi connectivity index (χ2n) is 7.60. The van der Waals surface area contributed by atoms with Crippen molar-refractivity contribution in [2.45, 2.75) is 6.10 Å². The van der Waals surface area contributed by atoms with E-state index in [4.69, 9.17) is 25.8 Å². The van der Waals surface area contributed by atoms with Crippen molar-refractivity contribution >= 4 is 51.3 Å². The van der Waals surface area contributed by atoms with E-state index in [1.807, 2.05) is 17.5 Å². The van der Waals surface area contributed by atoms with Gasteiger partial charge >= 0.3 is 0 Å². The van der Waals surface area contributed by atoms with Gasteiger partial charge in [-0.2, -0.15) is 0 Å². The fourth-order valence-corrected chi connectivity index (χ4v) is 4.29. The van der Waals surface area contributed by atoms with Gasteiger partial charge in [0.05, 0.1) is 30.7 Å². The van der Waals surface area contributed by atoms with Gasteiger partial charge in [0, 0.05) is 28.7 Å². The quantitative estimate of drug-likeness (QED) is 0.329. The Labute approximate surface area is 210 Å². The third-order valence-corrected chi connectivity index (χ3v) is 6.29. The van der Waals surface area contributed by atoms with Crippen LogP contribution in [0, 0.1) is 0 Å². The maximum atomic E-state index is 11.7. The van der Waals surface area contributed by atoms with Crippen molar-refractivity contribution in [1.82, 2.24) is 19.9 Å². The van der Waals surface area contributed by atoms with E-state index in [0.717, 1.165) is 11.1 Å². The van der Waals surface area contributed by atoms with Gasteiger partial charge in [0.15, 0.2) is 11.5 Å². The lowest BCUT2D eigenvalue weighted by Crippen LogP contribution is -2.55. The van der Waals surface area contributed by atoms with Crippen molar-refractivity contribution in [2.24, 2.45) is 0 Å². The molecule has 1 aliphatic rings. The van der Waals surface area contributed by atoms with Crippen LogP contribution >= 0.6 is 22.9 Å². The van der Waals surface area contributed by atoms with E-state index >= 15 is 0 Å². The van der Waals surface area contributed by atoms with Gasteiger partial charge in [-0.25, -0.2) is 15.0 Å². The number of carbonyl (C=O) groups is 1. The second-order valence-corrected chi connectivity index (χ2v) is 8.86. The molecule has 0 aliphatic carbocycles. The van der Waals surface area contributed by atoms with E-state index in [2.05, 4.69) is 26.8 Å². The first-order chi connectivity index (χ1) is 17.0. The van der Waals surface area contributed by atoms with E-state index in [-0.39, 0.29) is 12.0 Å². The lowest BCUT2D eigenvalue weighted by Gasteiger charge is -2.38. The molecule has 5 rings (SSSR count). The molecule has 2 aromatic heterocycles. The first kappa shape index (κ1) is 22.9. The summed E-state index contributed by atoms with van der Waals surface area (Å²) < 4.78 is 17.3. The molecule has 1 amide bonds. The molecule has 1 N–H and O–H groups in total. The number of thiazole rings is 1. The molecule has 0 atom stereocenters. The van der Waals surface area contributed by atoms with Crippen LogP contribution in [0.2, 0.25) is 5.02 Å². The second kappa shape index (κ2) is 9.77. The average molecular weight is 510 g/mol. The highest BCUT2D eigenvalue weighted by molar-refractivity contribution is 7.11. The monoisotopic (exact) mass is 509 g/mol. The van der Waals surface area contributed by atoms with Crippen LogP contribution in [-0.2, 0) is 4.79 Å². The van der Waals surface area contributed by atoms with Crippen molar-refractivity contribution in [1.29, 1.82) is 0 Å². The molecule has 1 aliphatic heterocycles. The van der Waals surface area contributed by atoms with Crippen LogP contribution in [0.5, 0.6) is 22.4 Å². The molecule has 11 heteroatoms. The highest BCUT2D eigenvalue weighted by Gasteiger charge is 2.31. The Balaban J connectivity index is 1.38. The minimum atomic E-state index is -0.143. The van der Waals surface area contributed by atoms with Gasteiger partial charge < -0.3 is 24.4 Å². The molecule has 178 valence electrons. The highest BCUT2D eigenvalue weighted by atomic mass is 35.5. The van der Waals surface area contributed by atoms with Gasteiger partial charge in [0.1, 0.15) is 24.0 Å². The topological polar surface area (TPSA) is 98.7 Å². The Hall–Kier alpha value is -3.89. The van der Waals surface area contributed by atoms with Crippen molar-refractivity contribution in [3.05, 3.63) is 65.9 Å². The molecular formula is C24H20ClN5O4S. The van der Waals surface area contributed by atoms with E-state index < -0.39 is 0 Å². The standard InChI is InChI=1S/C24H20ClN5O4S/c1-3-22(31)30-11-15(12-30)33-21-9-16-18(10-20(21)32-2)27-13-28-23(16)29-14-4-5-19(17(25)8-14)34-24-26-6-7-35-24/h3-10,13,15H,1,11-12H2,2H3,(H,27,28,29). The van der Waals surface area contributed by atoms with Gasteiger partial charge in [-0.15, -0.1) is 0 Å². The first-order valence-corrected chi connectivity index (χ1v) is 11.8. The number of fused-ring (bicyclic) bond motifs is 1. The minimum absolute atomic E-state index is 0.114. The Morgan fingerprint density at radius 2 is 2.06 bits per heavy atom. The third kappa shape index (κ3) is 4.84. The van der Waals surface area contributed by atoms with Crippen LogP contribution in [-0.4, -0.2) is 52.1 Å². The van der Waals surface area contributed by atoms with Gasteiger partial charge in [0.2, 0.25) is 5.91 Å². The summed E-state index contributed by atoms with van der Waals surface area (Å²) in [7, 11) is 1.57. The predicted octanol–water partition coefficient (Wildman–Crippen LogP) is 5.06. The number of ether oxygens (including phenoxy) is 3. The van der Waals surface area contributed by atoms with Gasteiger partial charge in [-0.05, 0) is 30.3 Å². The fourth-order valence-electron chi connectivity index (χ4n) is 3.57. The average Bonchev–Trinajstić information content (AvgIpc) is 3.35. The number of nitrogens with one attached hydrogen (secondary N) is 1. The maximum Gasteiger partial charge on any atom is 0.278 e. The maximum absolute atomic E-state index is 11.7. The molecule has 0 spiro atoms. The van der Waals surface area contributed by atoms with Crippen molar-refractivity contribution in [2.75, 3.05) is 25.5 Å². The Morgan fingerprint density at radius 1 is 1.20 bits per heavy atom. The normalized spacial score (nSPS) is 13.3. The van der Waals surface area contributed by atoms with E-state index in [0.29, 0.717) is 51.9 Å². The Bertz CT molecular complexity index is 1390. The number of benzene rings is 2. The van der Waals surface area contributed by atoms with E-state index in [9.17, 15) is 4.79 Å². The minimum Gasteiger partial charge on any atom is -0.493 e. The highest BCUT2D eigenvalue weighted by Crippen LogP contribution is 2.37. The zero-order chi connectivity index (χ0) is 24.4. The predicted molar refractivity (Wildman–Crippen MR) is 134 cm³/mol. The van der Waals surface area contributed by atoms with Crippen LogP contribution in [0.4, 0.5) is 11.5 Å². The number of halogens is 1. The lowest BCUT2D eigenvalue weighted by molar-refractivity contribution is -0.134. The van der Waals surface area contributed by atoms with Crippen LogP contribution in [0.3, 0.4) is 0 Å². The summed E-state index contributed by atoms with van der Waals surface area (Å²) in [4.78, 5) is 26.3. The van der Waals surface area contributed by atoms with E-state index in [1.54, 1.807) is 36.4 Å². The summed E-state index contributed by atoms with van der Waals surface area (Å²) in [5.41, 5.74) is 1.40. The Kier molecular flexibility index (Phi) is 6.39. The molecule has 0 unspecified atom stereocenters. The number of rotatable bonds is 8. The number of methoxy groups -OCH3 is 1. The fraction of sp³-hybridized carbons (Fsp3) is 0.167. The van der Waals surface area contributed by atoms with Crippen molar-refractivity contribution in [3.8, 4) is 22.4 Å². The number of hydrogen-bond donors (Lipinski definition) is 1. The molecule has 0 bridgehead atoms. The molecule has 2 aromatic carbocycles. The Morgan fingerprint density at radius 3 is 2.77 bits per heavy atom. The van der Waals surface area contributed by atoms with Crippen LogP contribution in [0.25, 0.3) is 10.9 Å². The van der Waals surface area contributed by atoms with Gasteiger partial charge in [-0.3, -0.25) is 4.79 Å². The molecule has 9 nitrogen and oxygen atoms in total. The molecule has 1 saturated heterocycles. The van der Waals surface area contributed by atoms with Crippen LogP contribution in [0.1, 0.15) is 0 Å².